The molecule has 0 radical (unpaired) electrons. The van der Waals surface area contributed by atoms with Crippen molar-refractivity contribution in [3.05, 3.63) is 51.7 Å². The molecule has 1 aromatic carbocycles. The molecule has 5 heteroatoms. The molecular formula is C22H29NO3S. The number of aliphatic hydroxyl groups excluding tert-OH is 1. The fourth-order valence-electron chi connectivity index (χ4n) is 3.83. The van der Waals surface area contributed by atoms with Gasteiger partial charge in [0.2, 0.25) is 5.91 Å². The molecule has 1 aliphatic carbocycles. The third-order valence-corrected chi connectivity index (χ3v) is 7.05. The molecule has 1 fully saturated rings. The molecule has 4 nitrogen and oxygen atoms in total. The van der Waals surface area contributed by atoms with Gasteiger partial charge in [-0.15, -0.1) is 11.3 Å². The topological polar surface area (TPSA) is 58.6 Å². The van der Waals surface area contributed by atoms with E-state index >= 15 is 0 Å². The van der Waals surface area contributed by atoms with Crippen LogP contribution >= 0.6 is 11.3 Å². The maximum Gasteiger partial charge on any atom is 0.220 e. The first-order valence-electron chi connectivity index (χ1n) is 9.70. The molecule has 27 heavy (non-hydrogen) atoms. The van der Waals surface area contributed by atoms with Crippen molar-refractivity contribution < 1.29 is 14.6 Å². The number of methoxy groups -OCH3 is 1. The Balaban J connectivity index is 1.56. The Labute approximate surface area is 165 Å². The lowest BCUT2D eigenvalue weighted by Gasteiger charge is -2.28. The van der Waals surface area contributed by atoms with E-state index in [1.165, 1.54) is 17.7 Å². The van der Waals surface area contributed by atoms with Crippen LogP contribution in [0.1, 0.15) is 60.4 Å². The number of rotatable bonds is 8. The van der Waals surface area contributed by atoms with Crippen LogP contribution in [0.2, 0.25) is 0 Å². The Morgan fingerprint density at radius 3 is 2.52 bits per heavy atom. The van der Waals surface area contributed by atoms with Crippen molar-refractivity contribution in [2.45, 2.75) is 57.0 Å². The Morgan fingerprint density at radius 1 is 1.22 bits per heavy atom. The summed E-state index contributed by atoms with van der Waals surface area (Å²) in [6, 6.07) is 12.0. The van der Waals surface area contributed by atoms with E-state index in [2.05, 4.69) is 11.4 Å². The zero-order valence-electron chi connectivity index (χ0n) is 16.2. The lowest BCUT2D eigenvalue weighted by Crippen LogP contribution is -2.38. The SMILES string of the molecule is COc1ccc(CCC(=O)NCC2(c3ccc(C(C)O)s3)CCCC2)cc1. The standard InChI is InChI=1S/C22H29NO3S/c1-16(24)19-10-11-20(27-19)22(13-3-4-14-22)15-23-21(25)12-7-17-5-8-18(26-2)9-6-17/h5-6,8-11,16,24H,3-4,7,12-15H2,1-2H3,(H,23,25). The second kappa shape index (κ2) is 8.89. The van der Waals surface area contributed by atoms with Gasteiger partial charge >= 0.3 is 0 Å². The van der Waals surface area contributed by atoms with Crippen LogP contribution in [0.5, 0.6) is 5.75 Å². The third-order valence-electron chi connectivity index (χ3n) is 5.55. The van der Waals surface area contributed by atoms with Crippen LogP contribution in [0.25, 0.3) is 0 Å². The summed E-state index contributed by atoms with van der Waals surface area (Å²) in [5.41, 5.74) is 1.18. The van der Waals surface area contributed by atoms with Gasteiger partial charge in [0.05, 0.1) is 13.2 Å². The molecule has 2 N–H and O–H groups in total. The van der Waals surface area contributed by atoms with Gasteiger partial charge in [0.1, 0.15) is 5.75 Å². The van der Waals surface area contributed by atoms with E-state index in [1.54, 1.807) is 25.4 Å². The molecule has 0 bridgehead atoms. The van der Waals surface area contributed by atoms with Gasteiger partial charge in [-0.3, -0.25) is 4.79 Å². The number of aliphatic hydroxyl groups is 1. The summed E-state index contributed by atoms with van der Waals surface area (Å²) in [7, 11) is 1.65. The Hall–Kier alpha value is -1.85. The number of hydrogen-bond donors (Lipinski definition) is 2. The van der Waals surface area contributed by atoms with Crippen molar-refractivity contribution in [2.24, 2.45) is 0 Å². The lowest BCUT2D eigenvalue weighted by molar-refractivity contribution is -0.121. The molecule has 2 aromatic rings. The first kappa shape index (κ1) is 19.9. The fraction of sp³-hybridized carbons (Fsp3) is 0.500. The van der Waals surface area contributed by atoms with Gasteiger partial charge in [0, 0.05) is 28.1 Å². The molecule has 1 heterocycles. The van der Waals surface area contributed by atoms with E-state index < -0.39 is 6.10 Å². The number of nitrogens with one attached hydrogen (secondary N) is 1. The molecule has 146 valence electrons. The monoisotopic (exact) mass is 387 g/mol. The number of aryl methyl sites for hydroxylation is 1. The molecule has 0 saturated heterocycles. The molecule has 3 rings (SSSR count). The molecule has 1 saturated carbocycles. The number of carbonyl (C=O) groups is 1. The van der Waals surface area contributed by atoms with E-state index in [4.69, 9.17) is 4.74 Å². The molecule has 1 aromatic heterocycles. The van der Waals surface area contributed by atoms with Crippen LogP contribution in [0.3, 0.4) is 0 Å². The maximum absolute atomic E-state index is 12.4. The summed E-state index contributed by atoms with van der Waals surface area (Å²) >= 11 is 1.69. The molecule has 1 unspecified atom stereocenters. The second-order valence-corrected chi connectivity index (χ2v) is 8.61. The highest BCUT2D eigenvalue weighted by atomic mass is 32.1. The highest BCUT2D eigenvalue weighted by Crippen LogP contribution is 2.44. The van der Waals surface area contributed by atoms with Crippen molar-refractivity contribution in [1.29, 1.82) is 0 Å². The van der Waals surface area contributed by atoms with Crippen LogP contribution in [0.4, 0.5) is 0 Å². The van der Waals surface area contributed by atoms with Crippen LogP contribution in [-0.4, -0.2) is 24.7 Å². The first-order chi connectivity index (χ1) is 13.0. The fourth-order valence-corrected chi connectivity index (χ4v) is 5.02. The van der Waals surface area contributed by atoms with Gasteiger partial charge in [-0.1, -0.05) is 25.0 Å². The summed E-state index contributed by atoms with van der Waals surface area (Å²) in [4.78, 5) is 14.7. The van der Waals surface area contributed by atoms with Gasteiger partial charge in [-0.25, -0.2) is 0 Å². The van der Waals surface area contributed by atoms with Crippen molar-refractivity contribution in [3.8, 4) is 5.75 Å². The van der Waals surface area contributed by atoms with E-state index in [-0.39, 0.29) is 11.3 Å². The predicted octanol–water partition coefficient (Wildman–Crippen LogP) is 4.37. The van der Waals surface area contributed by atoms with Gasteiger partial charge in [-0.05, 0) is 56.0 Å². The number of amides is 1. The zero-order chi connectivity index (χ0) is 19.3. The van der Waals surface area contributed by atoms with E-state index in [0.29, 0.717) is 13.0 Å². The number of hydrogen-bond acceptors (Lipinski definition) is 4. The molecule has 1 aliphatic rings. The predicted molar refractivity (Wildman–Crippen MR) is 109 cm³/mol. The molecule has 0 spiro atoms. The van der Waals surface area contributed by atoms with Gasteiger partial charge in [-0.2, -0.15) is 0 Å². The minimum atomic E-state index is -0.429. The van der Waals surface area contributed by atoms with Gasteiger partial charge in [0.15, 0.2) is 0 Å². The summed E-state index contributed by atoms with van der Waals surface area (Å²) in [6.45, 7) is 2.49. The minimum absolute atomic E-state index is 0.0353. The maximum atomic E-state index is 12.4. The van der Waals surface area contributed by atoms with Crippen molar-refractivity contribution >= 4 is 17.2 Å². The van der Waals surface area contributed by atoms with Crippen molar-refractivity contribution in [2.75, 3.05) is 13.7 Å². The van der Waals surface area contributed by atoms with Crippen LogP contribution in [-0.2, 0) is 16.6 Å². The van der Waals surface area contributed by atoms with Crippen LogP contribution < -0.4 is 10.1 Å². The summed E-state index contributed by atoms with van der Waals surface area (Å²) < 4.78 is 5.17. The molecule has 1 atom stereocenters. The minimum Gasteiger partial charge on any atom is -0.497 e. The number of benzene rings is 1. The number of ether oxygens (including phenoxy) is 1. The Bertz CT molecular complexity index is 745. The van der Waals surface area contributed by atoms with E-state index in [9.17, 15) is 9.90 Å². The largest absolute Gasteiger partial charge is 0.497 e. The van der Waals surface area contributed by atoms with Gasteiger partial charge < -0.3 is 15.2 Å². The third kappa shape index (κ3) is 4.90. The Kier molecular flexibility index (Phi) is 6.55. The average Bonchev–Trinajstić information content (AvgIpc) is 3.35. The lowest BCUT2D eigenvalue weighted by atomic mass is 9.84. The van der Waals surface area contributed by atoms with Crippen molar-refractivity contribution in [3.63, 3.8) is 0 Å². The normalized spacial score (nSPS) is 16.9. The number of carbonyl (C=O) groups excluding carboxylic acids is 1. The molecule has 1 amide bonds. The zero-order valence-corrected chi connectivity index (χ0v) is 17.0. The highest BCUT2D eigenvalue weighted by molar-refractivity contribution is 7.12. The van der Waals surface area contributed by atoms with Crippen LogP contribution in [0.15, 0.2) is 36.4 Å². The smallest absolute Gasteiger partial charge is 0.220 e. The highest BCUT2D eigenvalue weighted by Gasteiger charge is 2.37. The summed E-state index contributed by atoms with van der Waals surface area (Å²) in [5.74, 6) is 0.934. The molecular weight excluding hydrogens is 358 g/mol. The second-order valence-electron chi connectivity index (χ2n) is 7.49. The molecule has 0 aliphatic heterocycles. The summed E-state index contributed by atoms with van der Waals surface area (Å²) in [6.07, 6.45) is 5.39. The first-order valence-corrected chi connectivity index (χ1v) is 10.5. The van der Waals surface area contributed by atoms with Crippen LogP contribution in [0, 0.1) is 0 Å². The van der Waals surface area contributed by atoms with Crippen molar-refractivity contribution in [1.82, 2.24) is 5.32 Å². The Morgan fingerprint density at radius 2 is 1.93 bits per heavy atom. The van der Waals surface area contributed by atoms with E-state index in [0.717, 1.165) is 35.5 Å². The quantitative estimate of drug-likeness (QED) is 0.707. The van der Waals surface area contributed by atoms with Gasteiger partial charge in [0.25, 0.3) is 0 Å². The van der Waals surface area contributed by atoms with E-state index in [1.807, 2.05) is 30.3 Å². The number of thiophene rings is 1. The average molecular weight is 388 g/mol. The summed E-state index contributed by atoms with van der Waals surface area (Å²) in [5, 5.41) is 13.0.